The minimum atomic E-state index is 0.594. The van der Waals surface area contributed by atoms with Gasteiger partial charge in [0.25, 0.3) is 0 Å². The number of thiazole rings is 1. The summed E-state index contributed by atoms with van der Waals surface area (Å²) in [6.07, 6.45) is 0.885. The zero-order chi connectivity index (χ0) is 20.8. The molecule has 0 unspecified atom stereocenters. The van der Waals surface area contributed by atoms with Gasteiger partial charge < -0.3 is 15.1 Å². The van der Waals surface area contributed by atoms with Crippen molar-refractivity contribution in [1.29, 1.82) is 0 Å². The van der Waals surface area contributed by atoms with Gasteiger partial charge in [0.05, 0.1) is 12.2 Å². The molecule has 0 bridgehead atoms. The SMILES string of the molecule is CCNC(=NCc1nc(-c2ccccc2)cs1)N1CCN(c2nc(CC)ns2)CC1. The molecule has 1 aromatic carbocycles. The van der Waals surface area contributed by atoms with Crippen molar-refractivity contribution in [2.75, 3.05) is 37.6 Å². The normalized spacial score (nSPS) is 14.9. The van der Waals surface area contributed by atoms with Gasteiger partial charge in [-0.05, 0) is 6.92 Å². The number of piperazine rings is 1. The molecule has 30 heavy (non-hydrogen) atoms. The third-order valence-electron chi connectivity index (χ3n) is 4.94. The van der Waals surface area contributed by atoms with Crippen LogP contribution in [0.4, 0.5) is 5.13 Å². The highest BCUT2D eigenvalue weighted by Gasteiger charge is 2.22. The average Bonchev–Trinajstić information content (AvgIpc) is 3.47. The highest BCUT2D eigenvalue weighted by atomic mass is 32.1. The number of anilines is 1. The molecule has 1 fully saturated rings. The summed E-state index contributed by atoms with van der Waals surface area (Å²) < 4.78 is 4.41. The van der Waals surface area contributed by atoms with Crippen molar-refractivity contribution in [1.82, 2.24) is 24.6 Å². The summed E-state index contributed by atoms with van der Waals surface area (Å²) in [5.74, 6) is 1.89. The maximum Gasteiger partial charge on any atom is 0.205 e. The van der Waals surface area contributed by atoms with Gasteiger partial charge in [-0.3, -0.25) is 0 Å². The van der Waals surface area contributed by atoms with E-state index >= 15 is 0 Å². The highest BCUT2D eigenvalue weighted by Crippen LogP contribution is 2.22. The molecule has 2 aromatic heterocycles. The molecule has 0 saturated carbocycles. The Labute approximate surface area is 185 Å². The molecule has 1 aliphatic heterocycles. The Balaban J connectivity index is 1.38. The quantitative estimate of drug-likeness (QED) is 0.466. The summed E-state index contributed by atoms with van der Waals surface area (Å²) in [6.45, 7) is 9.33. The lowest BCUT2D eigenvalue weighted by atomic mass is 10.2. The standard InChI is InChI=1S/C21H27N7S2/c1-3-18-25-21(30-26-18)28-12-10-27(11-13-28)20(22-4-2)23-14-19-24-17(15-29-19)16-8-6-5-7-9-16/h5-9,15H,3-4,10-14H2,1-2H3,(H,22,23). The van der Waals surface area contributed by atoms with Gasteiger partial charge in [-0.15, -0.1) is 11.3 Å². The molecule has 9 heteroatoms. The summed E-state index contributed by atoms with van der Waals surface area (Å²) in [4.78, 5) is 18.9. The lowest BCUT2D eigenvalue weighted by Crippen LogP contribution is -2.52. The van der Waals surface area contributed by atoms with Gasteiger partial charge in [-0.25, -0.2) is 15.0 Å². The summed E-state index contributed by atoms with van der Waals surface area (Å²) in [5.41, 5.74) is 2.17. The molecule has 0 atom stereocenters. The number of rotatable bonds is 6. The molecule has 1 aliphatic rings. The number of hydrogen-bond acceptors (Lipinski definition) is 7. The Morgan fingerprint density at radius 3 is 2.60 bits per heavy atom. The van der Waals surface area contributed by atoms with Crippen LogP contribution in [0.3, 0.4) is 0 Å². The molecule has 0 amide bonds. The van der Waals surface area contributed by atoms with Gasteiger partial charge in [0.2, 0.25) is 5.13 Å². The van der Waals surface area contributed by atoms with Crippen molar-refractivity contribution in [3.8, 4) is 11.3 Å². The molecule has 4 rings (SSSR count). The van der Waals surface area contributed by atoms with Crippen LogP contribution in [0.2, 0.25) is 0 Å². The van der Waals surface area contributed by atoms with E-state index in [2.05, 4.69) is 55.8 Å². The fourth-order valence-corrected chi connectivity index (χ4v) is 4.85. The average molecular weight is 442 g/mol. The van der Waals surface area contributed by atoms with Gasteiger partial charge in [-0.1, -0.05) is 37.3 Å². The summed E-state index contributed by atoms with van der Waals surface area (Å²) in [7, 11) is 0. The van der Waals surface area contributed by atoms with Gasteiger partial charge in [0, 0.05) is 61.6 Å². The number of guanidine groups is 1. The number of nitrogens with one attached hydrogen (secondary N) is 1. The summed E-state index contributed by atoms with van der Waals surface area (Å²) in [6, 6.07) is 10.3. The van der Waals surface area contributed by atoms with E-state index < -0.39 is 0 Å². The maximum absolute atomic E-state index is 4.87. The lowest BCUT2D eigenvalue weighted by molar-refractivity contribution is 0.372. The van der Waals surface area contributed by atoms with Gasteiger partial charge >= 0.3 is 0 Å². The number of nitrogens with zero attached hydrogens (tertiary/aromatic N) is 6. The van der Waals surface area contributed by atoms with Crippen LogP contribution < -0.4 is 10.2 Å². The summed E-state index contributed by atoms with van der Waals surface area (Å²) in [5, 5.41) is 7.61. The number of aryl methyl sites for hydroxylation is 1. The second-order valence-corrected chi connectivity index (χ2v) is 8.66. The molecule has 3 heterocycles. The molecule has 7 nitrogen and oxygen atoms in total. The van der Waals surface area contributed by atoms with Crippen molar-refractivity contribution in [3.63, 3.8) is 0 Å². The predicted octanol–water partition coefficient (Wildman–Crippen LogP) is 3.51. The number of aromatic nitrogens is 3. The summed E-state index contributed by atoms with van der Waals surface area (Å²) >= 11 is 3.17. The Morgan fingerprint density at radius 1 is 1.10 bits per heavy atom. The number of benzene rings is 1. The van der Waals surface area contributed by atoms with Gasteiger partial charge in [0.15, 0.2) is 5.96 Å². The molecule has 0 radical (unpaired) electrons. The predicted molar refractivity (Wildman–Crippen MR) is 125 cm³/mol. The van der Waals surface area contributed by atoms with Crippen LogP contribution in [-0.2, 0) is 13.0 Å². The third-order valence-corrected chi connectivity index (χ3v) is 6.59. The fourth-order valence-electron chi connectivity index (χ4n) is 3.32. The minimum absolute atomic E-state index is 0.594. The van der Waals surface area contributed by atoms with Gasteiger partial charge in [-0.2, -0.15) is 4.37 Å². The van der Waals surface area contributed by atoms with E-state index in [1.165, 1.54) is 11.5 Å². The number of hydrogen-bond donors (Lipinski definition) is 1. The van der Waals surface area contributed by atoms with E-state index in [4.69, 9.17) is 9.98 Å². The smallest absolute Gasteiger partial charge is 0.205 e. The van der Waals surface area contributed by atoms with Crippen molar-refractivity contribution >= 4 is 34.0 Å². The largest absolute Gasteiger partial charge is 0.357 e. The van der Waals surface area contributed by atoms with E-state index in [0.717, 1.165) is 72.3 Å². The van der Waals surface area contributed by atoms with E-state index in [1.54, 1.807) is 11.3 Å². The minimum Gasteiger partial charge on any atom is -0.357 e. The van der Waals surface area contributed by atoms with E-state index in [1.807, 2.05) is 18.2 Å². The highest BCUT2D eigenvalue weighted by molar-refractivity contribution is 7.10. The van der Waals surface area contributed by atoms with Crippen molar-refractivity contribution < 1.29 is 0 Å². The Morgan fingerprint density at radius 2 is 1.90 bits per heavy atom. The van der Waals surface area contributed by atoms with Crippen LogP contribution in [0.15, 0.2) is 40.7 Å². The first-order valence-corrected chi connectivity index (χ1v) is 12.0. The van der Waals surface area contributed by atoms with Crippen molar-refractivity contribution in [2.45, 2.75) is 26.8 Å². The Bertz CT molecular complexity index is 959. The van der Waals surface area contributed by atoms with Crippen LogP contribution in [0.5, 0.6) is 0 Å². The lowest BCUT2D eigenvalue weighted by Gasteiger charge is -2.36. The third kappa shape index (κ3) is 4.96. The topological polar surface area (TPSA) is 69.5 Å². The second-order valence-electron chi connectivity index (χ2n) is 6.98. The first kappa shape index (κ1) is 20.7. The molecule has 0 spiro atoms. The van der Waals surface area contributed by atoms with Crippen molar-refractivity contribution in [3.05, 3.63) is 46.5 Å². The fraction of sp³-hybridized carbons (Fsp3) is 0.429. The second kappa shape index (κ2) is 9.99. The molecule has 158 valence electrons. The van der Waals surface area contributed by atoms with Crippen LogP contribution in [0.1, 0.15) is 24.7 Å². The first-order valence-electron chi connectivity index (χ1n) is 10.4. The molecular weight excluding hydrogens is 414 g/mol. The molecule has 1 N–H and O–H groups in total. The monoisotopic (exact) mass is 441 g/mol. The van der Waals surface area contributed by atoms with Crippen LogP contribution in [-0.4, -0.2) is 57.9 Å². The maximum atomic E-state index is 4.87. The van der Waals surface area contributed by atoms with Crippen molar-refractivity contribution in [2.24, 2.45) is 4.99 Å². The van der Waals surface area contributed by atoms with Crippen LogP contribution in [0, 0.1) is 0 Å². The van der Waals surface area contributed by atoms with Gasteiger partial charge in [0.1, 0.15) is 10.8 Å². The van der Waals surface area contributed by atoms with Crippen LogP contribution in [0.25, 0.3) is 11.3 Å². The van der Waals surface area contributed by atoms with Crippen LogP contribution >= 0.6 is 22.9 Å². The molecule has 3 aromatic rings. The Kier molecular flexibility index (Phi) is 6.91. The Hall–Kier alpha value is -2.52. The molecule has 1 saturated heterocycles. The molecule has 0 aliphatic carbocycles. The van der Waals surface area contributed by atoms with E-state index in [-0.39, 0.29) is 0 Å². The zero-order valence-electron chi connectivity index (χ0n) is 17.4. The zero-order valence-corrected chi connectivity index (χ0v) is 19.0. The van der Waals surface area contributed by atoms with E-state index in [9.17, 15) is 0 Å². The number of aliphatic imine (C=N–C) groups is 1. The first-order chi connectivity index (χ1) is 14.8. The van der Waals surface area contributed by atoms with E-state index in [0.29, 0.717) is 6.54 Å². The molecular formula is C21H27N7S2.